The smallest absolute Gasteiger partial charge is 0.262 e. The zero-order valence-corrected chi connectivity index (χ0v) is 14.3. The highest BCUT2D eigenvalue weighted by atomic mass is 127. The highest BCUT2D eigenvalue weighted by Gasteiger charge is 2.21. The summed E-state index contributed by atoms with van der Waals surface area (Å²) in [4.78, 5) is 14.5. The van der Waals surface area contributed by atoms with Crippen LogP contribution < -0.4 is 4.90 Å². The van der Waals surface area contributed by atoms with Gasteiger partial charge in [-0.1, -0.05) is 6.07 Å². The predicted octanol–water partition coefficient (Wildman–Crippen LogP) is 3.31. The third-order valence-corrected chi connectivity index (χ3v) is 4.46. The second-order valence-electron chi connectivity index (χ2n) is 4.87. The van der Waals surface area contributed by atoms with E-state index in [1.807, 2.05) is 40.0 Å². The van der Waals surface area contributed by atoms with E-state index in [-0.39, 0.29) is 5.91 Å². The molecule has 4 nitrogen and oxygen atoms in total. The number of halogens is 1. The van der Waals surface area contributed by atoms with E-state index in [0.717, 1.165) is 20.5 Å². The molecule has 0 aliphatic carbocycles. The third-order valence-electron chi connectivity index (χ3n) is 3.18. The summed E-state index contributed by atoms with van der Waals surface area (Å²) in [5.74, 6) is -0.00463. The lowest BCUT2D eigenvalue weighted by Crippen LogP contribution is -2.31. The molecule has 0 aliphatic heterocycles. The van der Waals surface area contributed by atoms with Crippen LogP contribution in [-0.2, 0) is 7.05 Å². The first-order chi connectivity index (χ1) is 9.43. The van der Waals surface area contributed by atoms with E-state index >= 15 is 0 Å². The van der Waals surface area contributed by atoms with Crippen molar-refractivity contribution in [1.82, 2.24) is 9.78 Å². The Balaban J connectivity index is 2.42. The Morgan fingerprint density at radius 2 is 1.90 bits per heavy atom. The number of carbonyl (C=O) groups is 1. The molecule has 1 heterocycles. The molecule has 0 fully saturated rings. The van der Waals surface area contributed by atoms with Crippen LogP contribution in [0.15, 0.2) is 24.4 Å². The van der Waals surface area contributed by atoms with Gasteiger partial charge in [0.15, 0.2) is 0 Å². The number of nitrogens with zero attached hydrogens (tertiary/aromatic N) is 3. The second kappa shape index (κ2) is 5.95. The summed E-state index contributed by atoms with van der Waals surface area (Å²) < 4.78 is 2.57. The van der Waals surface area contributed by atoms with Crippen molar-refractivity contribution >= 4 is 34.2 Å². The summed E-state index contributed by atoms with van der Waals surface area (Å²) in [6.07, 6.45) is 1.63. The van der Waals surface area contributed by atoms with Crippen LogP contribution >= 0.6 is 22.6 Å². The zero-order valence-electron chi connectivity index (χ0n) is 12.1. The van der Waals surface area contributed by atoms with Crippen molar-refractivity contribution in [3.8, 4) is 0 Å². The van der Waals surface area contributed by atoms with E-state index in [9.17, 15) is 4.79 Å². The van der Waals surface area contributed by atoms with E-state index in [1.165, 1.54) is 0 Å². The van der Waals surface area contributed by atoms with Crippen molar-refractivity contribution in [2.24, 2.45) is 7.05 Å². The lowest BCUT2D eigenvalue weighted by atomic mass is 10.1. The van der Waals surface area contributed by atoms with E-state index in [4.69, 9.17) is 0 Å². The quantitative estimate of drug-likeness (QED) is 0.763. The maximum absolute atomic E-state index is 12.7. The van der Waals surface area contributed by atoms with Crippen LogP contribution in [0, 0.1) is 17.5 Å². The highest BCUT2D eigenvalue weighted by Crippen LogP contribution is 2.22. The number of benzene rings is 1. The van der Waals surface area contributed by atoms with Crippen LogP contribution in [0.5, 0.6) is 0 Å². The van der Waals surface area contributed by atoms with Gasteiger partial charge in [0.25, 0.3) is 5.91 Å². The lowest BCUT2D eigenvalue weighted by molar-refractivity contribution is 0.0987. The molecule has 106 valence electrons. The van der Waals surface area contributed by atoms with E-state index in [1.54, 1.807) is 15.8 Å². The Bertz CT molecular complexity index is 628. The molecule has 0 N–H and O–H groups in total. The number of hydrogen-bond acceptors (Lipinski definition) is 2. The zero-order chi connectivity index (χ0) is 14.9. The maximum atomic E-state index is 12.7. The summed E-state index contributed by atoms with van der Waals surface area (Å²) in [6, 6.07) is 6.19. The van der Waals surface area contributed by atoms with Gasteiger partial charge in [0.1, 0.15) is 3.70 Å². The normalized spacial score (nSPS) is 10.7. The highest BCUT2D eigenvalue weighted by molar-refractivity contribution is 14.1. The first kappa shape index (κ1) is 15.0. The molecule has 0 spiro atoms. The summed E-state index contributed by atoms with van der Waals surface area (Å²) >= 11 is 2.15. The number of hydrogen-bond donors (Lipinski definition) is 0. The van der Waals surface area contributed by atoms with Crippen molar-refractivity contribution in [1.29, 1.82) is 0 Å². The summed E-state index contributed by atoms with van der Waals surface area (Å²) in [6.45, 7) is 6.71. The minimum absolute atomic E-state index is 0.00463. The molecule has 1 amide bonds. The molecule has 1 aromatic heterocycles. The molecule has 0 aliphatic rings. The molecule has 0 unspecified atom stereocenters. The van der Waals surface area contributed by atoms with Crippen LogP contribution in [0.3, 0.4) is 0 Å². The molecular formula is C15H18IN3O. The van der Waals surface area contributed by atoms with E-state index in [0.29, 0.717) is 12.1 Å². The fraction of sp³-hybridized carbons (Fsp3) is 0.333. The second-order valence-corrected chi connectivity index (χ2v) is 5.89. The predicted molar refractivity (Wildman–Crippen MR) is 89.2 cm³/mol. The Morgan fingerprint density at radius 1 is 1.30 bits per heavy atom. The fourth-order valence-electron chi connectivity index (χ4n) is 2.26. The minimum atomic E-state index is -0.00463. The van der Waals surface area contributed by atoms with Crippen molar-refractivity contribution < 1.29 is 4.79 Å². The molecule has 0 saturated carbocycles. The summed E-state index contributed by atoms with van der Waals surface area (Å²) in [5, 5.41) is 4.14. The van der Waals surface area contributed by atoms with Gasteiger partial charge in [-0.2, -0.15) is 5.10 Å². The topological polar surface area (TPSA) is 38.1 Å². The number of carbonyl (C=O) groups excluding carboxylic acids is 1. The van der Waals surface area contributed by atoms with Crippen molar-refractivity contribution in [3.63, 3.8) is 0 Å². The van der Waals surface area contributed by atoms with Gasteiger partial charge in [-0.05, 0) is 66.6 Å². The van der Waals surface area contributed by atoms with E-state index < -0.39 is 0 Å². The first-order valence-electron chi connectivity index (χ1n) is 6.51. The molecule has 1 aromatic carbocycles. The monoisotopic (exact) mass is 383 g/mol. The number of aryl methyl sites for hydroxylation is 3. The first-order valence-corrected chi connectivity index (χ1v) is 7.59. The molecule has 0 saturated heterocycles. The Morgan fingerprint density at radius 3 is 2.35 bits per heavy atom. The number of amides is 1. The molecule has 20 heavy (non-hydrogen) atoms. The average Bonchev–Trinajstić information content (AvgIpc) is 2.69. The Hall–Kier alpha value is -1.37. The van der Waals surface area contributed by atoms with E-state index in [2.05, 4.69) is 33.8 Å². The van der Waals surface area contributed by atoms with Gasteiger partial charge in [-0.3, -0.25) is 9.48 Å². The molecule has 0 bridgehead atoms. The molecule has 2 aromatic rings. The number of anilines is 1. The third kappa shape index (κ3) is 2.87. The molecule has 0 radical (unpaired) electrons. The van der Waals surface area contributed by atoms with Gasteiger partial charge < -0.3 is 4.90 Å². The van der Waals surface area contributed by atoms with Crippen molar-refractivity contribution in [2.75, 3.05) is 11.4 Å². The summed E-state index contributed by atoms with van der Waals surface area (Å²) in [5.41, 5.74) is 3.91. The molecule has 0 atom stereocenters. The van der Waals surface area contributed by atoms with Gasteiger partial charge in [-0.25, -0.2) is 0 Å². The molecular weight excluding hydrogens is 365 g/mol. The Kier molecular flexibility index (Phi) is 4.47. The van der Waals surface area contributed by atoms with Crippen molar-refractivity contribution in [3.05, 3.63) is 44.8 Å². The van der Waals surface area contributed by atoms with Crippen LogP contribution in [0.2, 0.25) is 0 Å². The average molecular weight is 383 g/mol. The van der Waals surface area contributed by atoms with Gasteiger partial charge >= 0.3 is 0 Å². The van der Waals surface area contributed by atoms with Gasteiger partial charge in [-0.15, -0.1) is 0 Å². The van der Waals surface area contributed by atoms with Gasteiger partial charge in [0.2, 0.25) is 0 Å². The van der Waals surface area contributed by atoms with Crippen molar-refractivity contribution in [2.45, 2.75) is 20.8 Å². The molecule has 2 rings (SSSR count). The number of aromatic nitrogens is 2. The standard InChI is InChI=1S/C15H18IN3O/c1-5-19(12-7-10(2)6-11(3)8-12)15(20)13-9-17-18(4)14(13)16/h6-9H,5H2,1-4H3. The molecule has 5 heteroatoms. The van der Waals surface area contributed by atoms with Crippen LogP contribution in [-0.4, -0.2) is 22.2 Å². The largest absolute Gasteiger partial charge is 0.309 e. The Labute approximate surface area is 132 Å². The van der Waals surface area contributed by atoms with Gasteiger partial charge in [0, 0.05) is 19.3 Å². The van der Waals surface area contributed by atoms with Gasteiger partial charge in [0.05, 0.1) is 11.8 Å². The van der Waals surface area contributed by atoms with Crippen LogP contribution in [0.1, 0.15) is 28.4 Å². The minimum Gasteiger partial charge on any atom is -0.309 e. The van der Waals surface area contributed by atoms with Crippen LogP contribution in [0.4, 0.5) is 5.69 Å². The maximum Gasteiger partial charge on any atom is 0.262 e. The van der Waals surface area contributed by atoms with Crippen LogP contribution in [0.25, 0.3) is 0 Å². The fourth-order valence-corrected chi connectivity index (χ4v) is 2.76. The lowest BCUT2D eigenvalue weighted by Gasteiger charge is -2.21. The summed E-state index contributed by atoms with van der Waals surface area (Å²) in [7, 11) is 1.84. The number of rotatable bonds is 3. The SMILES string of the molecule is CCN(C(=O)c1cnn(C)c1I)c1cc(C)cc(C)c1.